The van der Waals surface area contributed by atoms with Crippen LogP contribution in [0.3, 0.4) is 0 Å². The number of fused-ring (bicyclic) bond motifs is 1. The zero-order valence-electron chi connectivity index (χ0n) is 16.0. The number of benzene rings is 2. The van der Waals surface area contributed by atoms with Crippen molar-refractivity contribution in [2.24, 2.45) is 0 Å². The standard InChI is InChI=1S/C20H10Cl2F3N3O4S/c21-13-4-3-11(8-12(13)20(23,24)25)33(31,32)27-15-6-5-14(22)16-17(15)19(30)28(18(16)29)10-2-1-7-26-9-10/h1-9,27H. The number of hydrogen-bond acceptors (Lipinski definition) is 5. The van der Waals surface area contributed by atoms with Crippen LogP contribution in [-0.2, 0) is 16.2 Å². The molecule has 3 aromatic rings. The van der Waals surface area contributed by atoms with Crippen LogP contribution in [0.2, 0.25) is 10.0 Å². The number of carbonyl (C=O) groups is 2. The summed E-state index contributed by atoms with van der Waals surface area (Å²) in [6.07, 6.45) is -2.21. The number of imide groups is 1. The number of alkyl halides is 3. The molecule has 0 radical (unpaired) electrons. The third-order valence-corrected chi connectivity index (χ3v) is 6.70. The van der Waals surface area contributed by atoms with Crippen LogP contribution in [0.1, 0.15) is 26.3 Å². The van der Waals surface area contributed by atoms with Crippen LogP contribution in [0.25, 0.3) is 0 Å². The molecule has 2 amide bonds. The van der Waals surface area contributed by atoms with Crippen molar-refractivity contribution in [3.05, 3.63) is 81.6 Å². The number of sulfonamides is 1. The summed E-state index contributed by atoms with van der Waals surface area (Å²) >= 11 is 11.7. The molecule has 0 unspecified atom stereocenters. The average Bonchev–Trinajstić information content (AvgIpc) is 3.01. The van der Waals surface area contributed by atoms with Gasteiger partial charge in [-0.1, -0.05) is 23.2 Å². The molecule has 2 aromatic carbocycles. The zero-order valence-corrected chi connectivity index (χ0v) is 18.3. The number of amides is 2. The highest BCUT2D eigenvalue weighted by molar-refractivity contribution is 7.92. The van der Waals surface area contributed by atoms with Gasteiger partial charge in [-0.05, 0) is 42.5 Å². The van der Waals surface area contributed by atoms with Crippen LogP contribution in [0.4, 0.5) is 24.5 Å². The molecule has 1 aromatic heterocycles. The number of pyridine rings is 1. The van der Waals surface area contributed by atoms with E-state index < -0.39 is 43.5 Å². The number of carbonyl (C=O) groups excluding carboxylic acids is 2. The second-order valence-electron chi connectivity index (χ2n) is 6.75. The van der Waals surface area contributed by atoms with E-state index in [1.54, 1.807) is 0 Å². The first kappa shape index (κ1) is 23.0. The van der Waals surface area contributed by atoms with Crippen molar-refractivity contribution in [2.75, 3.05) is 9.62 Å². The van der Waals surface area contributed by atoms with Gasteiger partial charge in [0.15, 0.2) is 0 Å². The fourth-order valence-electron chi connectivity index (χ4n) is 3.22. The molecule has 0 aliphatic carbocycles. The van der Waals surface area contributed by atoms with Gasteiger partial charge in [0.05, 0.1) is 49.2 Å². The second kappa shape index (κ2) is 8.01. The largest absolute Gasteiger partial charge is 0.417 e. The fourth-order valence-corrected chi connectivity index (χ4v) is 4.78. The van der Waals surface area contributed by atoms with Gasteiger partial charge >= 0.3 is 6.18 Å². The summed E-state index contributed by atoms with van der Waals surface area (Å²) < 4.78 is 67.2. The van der Waals surface area contributed by atoms with Crippen LogP contribution >= 0.6 is 23.2 Å². The minimum absolute atomic E-state index is 0.108. The van der Waals surface area contributed by atoms with Crippen LogP contribution in [0, 0.1) is 0 Å². The van der Waals surface area contributed by atoms with Crippen LogP contribution in [0.5, 0.6) is 0 Å². The molecule has 0 spiro atoms. The van der Waals surface area contributed by atoms with Gasteiger partial charge < -0.3 is 0 Å². The number of aromatic nitrogens is 1. The van der Waals surface area contributed by atoms with E-state index >= 15 is 0 Å². The average molecular weight is 516 g/mol. The molecule has 7 nitrogen and oxygen atoms in total. The van der Waals surface area contributed by atoms with Gasteiger partial charge in [-0.25, -0.2) is 13.3 Å². The first-order valence-corrected chi connectivity index (χ1v) is 11.2. The van der Waals surface area contributed by atoms with E-state index in [0.29, 0.717) is 6.07 Å². The Bertz CT molecular complexity index is 1410. The Kier molecular flexibility index (Phi) is 5.59. The molecule has 1 N–H and O–H groups in total. The molecule has 170 valence electrons. The van der Waals surface area contributed by atoms with Gasteiger partial charge in [-0.3, -0.25) is 19.3 Å². The van der Waals surface area contributed by atoms with Crippen molar-refractivity contribution in [3.8, 4) is 0 Å². The Morgan fingerprint density at radius 2 is 1.61 bits per heavy atom. The Balaban J connectivity index is 1.79. The van der Waals surface area contributed by atoms with E-state index in [4.69, 9.17) is 23.2 Å². The predicted octanol–water partition coefficient (Wildman–Crippen LogP) is 5.01. The normalized spacial score (nSPS) is 13.9. The molecular weight excluding hydrogens is 506 g/mol. The van der Waals surface area contributed by atoms with E-state index in [-0.39, 0.29) is 27.5 Å². The molecule has 4 rings (SSSR count). The molecule has 2 heterocycles. The maximum absolute atomic E-state index is 13.2. The summed E-state index contributed by atoms with van der Waals surface area (Å²) in [5, 5.41) is -0.787. The lowest BCUT2D eigenvalue weighted by Gasteiger charge is -2.14. The smallest absolute Gasteiger partial charge is 0.279 e. The number of rotatable bonds is 4. The zero-order chi connectivity index (χ0) is 24.1. The minimum Gasteiger partial charge on any atom is -0.279 e. The summed E-state index contributed by atoms with van der Waals surface area (Å²) in [6.45, 7) is 0. The number of hydrogen-bond donors (Lipinski definition) is 1. The quantitative estimate of drug-likeness (QED) is 0.492. The highest BCUT2D eigenvalue weighted by Crippen LogP contribution is 2.39. The van der Waals surface area contributed by atoms with Gasteiger partial charge in [0.2, 0.25) is 0 Å². The van der Waals surface area contributed by atoms with E-state index in [0.717, 1.165) is 23.1 Å². The molecule has 0 saturated heterocycles. The molecule has 33 heavy (non-hydrogen) atoms. The maximum atomic E-state index is 13.2. The molecule has 0 fully saturated rings. The minimum atomic E-state index is -4.89. The summed E-state index contributed by atoms with van der Waals surface area (Å²) in [4.78, 5) is 29.8. The lowest BCUT2D eigenvalue weighted by Crippen LogP contribution is -2.29. The van der Waals surface area contributed by atoms with Crippen molar-refractivity contribution < 1.29 is 31.2 Å². The Morgan fingerprint density at radius 3 is 2.24 bits per heavy atom. The lowest BCUT2D eigenvalue weighted by atomic mass is 10.1. The lowest BCUT2D eigenvalue weighted by molar-refractivity contribution is -0.137. The Labute approximate surface area is 194 Å². The van der Waals surface area contributed by atoms with E-state index in [1.807, 2.05) is 0 Å². The topological polar surface area (TPSA) is 96.4 Å². The number of anilines is 2. The Morgan fingerprint density at radius 1 is 0.939 bits per heavy atom. The van der Waals surface area contributed by atoms with Gasteiger partial charge in [-0.2, -0.15) is 13.2 Å². The molecule has 0 atom stereocenters. The molecule has 0 bridgehead atoms. The van der Waals surface area contributed by atoms with Crippen molar-refractivity contribution in [1.29, 1.82) is 0 Å². The molecule has 1 aliphatic rings. The Hall–Kier alpha value is -3.15. The number of nitrogens with one attached hydrogen (secondary N) is 1. The van der Waals surface area contributed by atoms with E-state index in [1.165, 1.54) is 30.6 Å². The van der Waals surface area contributed by atoms with Gasteiger partial charge in [0, 0.05) is 6.20 Å². The monoisotopic (exact) mass is 515 g/mol. The first-order chi connectivity index (χ1) is 15.4. The van der Waals surface area contributed by atoms with Gasteiger partial charge in [-0.15, -0.1) is 0 Å². The predicted molar refractivity (Wildman–Crippen MR) is 114 cm³/mol. The third kappa shape index (κ3) is 4.03. The molecule has 0 saturated carbocycles. The van der Waals surface area contributed by atoms with E-state index in [2.05, 4.69) is 9.71 Å². The third-order valence-electron chi connectivity index (χ3n) is 4.69. The summed E-state index contributed by atoms with van der Waals surface area (Å²) in [5.74, 6) is -1.69. The first-order valence-electron chi connectivity index (χ1n) is 8.92. The SMILES string of the molecule is O=C1c2c(Cl)ccc(NS(=O)(=O)c3ccc(Cl)c(C(F)(F)F)c3)c2C(=O)N1c1cccnc1. The number of nitrogens with zero attached hydrogens (tertiary/aromatic N) is 2. The van der Waals surface area contributed by atoms with Crippen molar-refractivity contribution in [2.45, 2.75) is 11.1 Å². The van der Waals surface area contributed by atoms with Crippen LogP contribution in [-0.4, -0.2) is 25.2 Å². The fraction of sp³-hybridized carbons (Fsp3) is 0.0500. The van der Waals surface area contributed by atoms with E-state index in [9.17, 15) is 31.2 Å². The second-order valence-corrected chi connectivity index (χ2v) is 9.24. The highest BCUT2D eigenvalue weighted by Gasteiger charge is 2.41. The van der Waals surface area contributed by atoms with Crippen molar-refractivity contribution >= 4 is 56.4 Å². The molecular formula is C20H10Cl2F3N3O4S. The highest BCUT2D eigenvalue weighted by atomic mass is 35.5. The summed E-state index contributed by atoms with van der Waals surface area (Å²) in [7, 11) is -4.62. The van der Waals surface area contributed by atoms with Crippen molar-refractivity contribution in [3.63, 3.8) is 0 Å². The van der Waals surface area contributed by atoms with Crippen molar-refractivity contribution in [1.82, 2.24) is 4.98 Å². The van der Waals surface area contributed by atoms with Gasteiger partial charge in [0.1, 0.15) is 0 Å². The number of halogens is 5. The van der Waals surface area contributed by atoms with Gasteiger partial charge in [0.25, 0.3) is 21.8 Å². The summed E-state index contributed by atoms with van der Waals surface area (Å²) in [6, 6.07) is 7.31. The maximum Gasteiger partial charge on any atom is 0.417 e. The van der Waals surface area contributed by atoms with Crippen LogP contribution < -0.4 is 9.62 Å². The van der Waals surface area contributed by atoms with Crippen LogP contribution in [0.15, 0.2) is 59.8 Å². The summed E-state index contributed by atoms with van der Waals surface area (Å²) in [5.41, 5.74) is -2.14. The molecule has 13 heteroatoms. The molecule has 1 aliphatic heterocycles.